The van der Waals surface area contributed by atoms with Gasteiger partial charge in [0.05, 0.1) is 17.8 Å². The Hall–Kier alpha value is -3.88. The fourth-order valence-electron chi connectivity index (χ4n) is 3.06. The molecule has 4 aromatic rings. The van der Waals surface area contributed by atoms with Crippen molar-refractivity contribution in [3.63, 3.8) is 0 Å². The number of anilines is 1. The average molecular weight is 404 g/mol. The van der Waals surface area contributed by atoms with E-state index in [0.717, 1.165) is 11.3 Å². The van der Waals surface area contributed by atoms with E-state index in [9.17, 15) is 9.18 Å². The van der Waals surface area contributed by atoms with Gasteiger partial charge < -0.3 is 9.84 Å². The standard InChI is InChI=1S/C21H17FN6O2/c1-12-7-8-13(19-25-21(30-27-19)15-10-16(15)22)9-17(12)24-20(29)18-11-23-28(26-18)14-5-3-2-4-6-14/h2-9,11,15-16H,10H2,1H3,(H,24,29)/t15-,16-/m0/s1. The number of carbonyl (C=O) groups excluding carboxylic acids is 1. The Bertz CT molecular complexity index is 1220. The van der Waals surface area contributed by atoms with Crippen LogP contribution in [0.5, 0.6) is 0 Å². The van der Waals surface area contributed by atoms with E-state index in [1.807, 2.05) is 49.4 Å². The Balaban J connectivity index is 1.36. The van der Waals surface area contributed by atoms with E-state index in [1.165, 1.54) is 11.0 Å². The van der Waals surface area contributed by atoms with Crippen molar-refractivity contribution in [1.82, 2.24) is 25.1 Å². The molecule has 0 saturated heterocycles. The lowest BCUT2D eigenvalue weighted by Crippen LogP contribution is -2.14. The van der Waals surface area contributed by atoms with Gasteiger partial charge in [-0.1, -0.05) is 35.5 Å². The third-order valence-corrected chi connectivity index (χ3v) is 4.93. The average Bonchev–Trinajstić information content (AvgIpc) is 3.17. The fraction of sp³-hybridized carbons (Fsp3) is 0.190. The zero-order valence-corrected chi connectivity index (χ0v) is 16.0. The van der Waals surface area contributed by atoms with Crippen LogP contribution in [0.25, 0.3) is 17.1 Å². The lowest BCUT2D eigenvalue weighted by Gasteiger charge is -2.08. The molecule has 1 aliphatic rings. The highest BCUT2D eigenvalue weighted by molar-refractivity contribution is 6.03. The summed E-state index contributed by atoms with van der Waals surface area (Å²) >= 11 is 0. The molecule has 30 heavy (non-hydrogen) atoms. The molecule has 0 unspecified atom stereocenters. The van der Waals surface area contributed by atoms with E-state index in [1.54, 1.807) is 6.07 Å². The molecule has 0 radical (unpaired) electrons. The van der Waals surface area contributed by atoms with E-state index >= 15 is 0 Å². The Labute approximate surface area is 170 Å². The lowest BCUT2D eigenvalue weighted by atomic mass is 10.1. The molecule has 9 heteroatoms. The number of nitrogens with zero attached hydrogens (tertiary/aromatic N) is 5. The molecule has 0 bridgehead atoms. The summed E-state index contributed by atoms with van der Waals surface area (Å²) in [5.74, 6) is -0.0246. The number of amides is 1. The molecular weight excluding hydrogens is 387 g/mol. The first-order chi connectivity index (χ1) is 14.6. The highest BCUT2D eigenvalue weighted by Crippen LogP contribution is 2.43. The van der Waals surface area contributed by atoms with Crippen LogP contribution in [0.3, 0.4) is 0 Å². The number of hydrogen-bond acceptors (Lipinski definition) is 6. The van der Waals surface area contributed by atoms with Crippen LogP contribution in [0.4, 0.5) is 10.1 Å². The smallest absolute Gasteiger partial charge is 0.277 e. The zero-order chi connectivity index (χ0) is 20.7. The minimum Gasteiger partial charge on any atom is -0.339 e. The molecule has 0 spiro atoms. The second-order valence-corrected chi connectivity index (χ2v) is 7.15. The van der Waals surface area contributed by atoms with Crippen LogP contribution in [0.15, 0.2) is 59.3 Å². The van der Waals surface area contributed by atoms with Crippen LogP contribution in [-0.2, 0) is 0 Å². The maximum absolute atomic E-state index is 13.2. The number of aryl methyl sites for hydroxylation is 1. The highest BCUT2D eigenvalue weighted by atomic mass is 19.1. The van der Waals surface area contributed by atoms with Crippen molar-refractivity contribution in [1.29, 1.82) is 0 Å². The molecule has 8 nitrogen and oxygen atoms in total. The van der Waals surface area contributed by atoms with Crippen molar-refractivity contribution in [3.8, 4) is 17.1 Å². The number of benzene rings is 2. The molecule has 0 aliphatic heterocycles. The van der Waals surface area contributed by atoms with Crippen LogP contribution in [0, 0.1) is 6.92 Å². The first kappa shape index (κ1) is 18.2. The summed E-state index contributed by atoms with van der Waals surface area (Å²) in [5.41, 5.74) is 3.06. The Morgan fingerprint density at radius 1 is 1.23 bits per heavy atom. The second kappa shape index (κ2) is 7.18. The SMILES string of the molecule is Cc1ccc(-c2noc([C@H]3C[C@@H]3F)n2)cc1NC(=O)c1cnn(-c2ccccc2)n1. The van der Waals surface area contributed by atoms with Crippen molar-refractivity contribution in [3.05, 3.63) is 71.9 Å². The van der Waals surface area contributed by atoms with Crippen LogP contribution in [-0.4, -0.2) is 37.2 Å². The number of alkyl halides is 1. The Morgan fingerprint density at radius 3 is 2.80 bits per heavy atom. The summed E-state index contributed by atoms with van der Waals surface area (Å²) < 4.78 is 18.4. The van der Waals surface area contributed by atoms with Crippen LogP contribution in [0.1, 0.15) is 34.3 Å². The number of para-hydroxylation sites is 1. The molecule has 1 fully saturated rings. The van der Waals surface area contributed by atoms with Gasteiger partial charge in [0.1, 0.15) is 6.17 Å². The third kappa shape index (κ3) is 3.45. The molecule has 1 aliphatic carbocycles. The van der Waals surface area contributed by atoms with Crippen molar-refractivity contribution >= 4 is 11.6 Å². The second-order valence-electron chi connectivity index (χ2n) is 7.15. The summed E-state index contributed by atoms with van der Waals surface area (Å²) in [4.78, 5) is 18.4. The van der Waals surface area contributed by atoms with Crippen molar-refractivity contribution in [2.75, 3.05) is 5.32 Å². The molecule has 5 rings (SSSR count). The fourth-order valence-corrected chi connectivity index (χ4v) is 3.06. The lowest BCUT2D eigenvalue weighted by molar-refractivity contribution is 0.102. The number of nitrogens with one attached hydrogen (secondary N) is 1. The first-order valence-corrected chi connectivity index (χ1v) is 9.46. The van der Waals surface area contributed by atoms with Crippen LogP contribution in [0.2, 0.25) is 0 Å². The van der Waals surface area contributed by atoms with Crippen LogP contribution >= 0.6 is 0 Å². The summed E-state index contributed by atoms with van der Waals surface area (Å²) in [6.07, 6.45) is 0.923. The summed E-state index contributed by atoms with van der Waals surface area (Å²) in [7, 11) is 0. The number of carbonyl (C=O) groups is 1. The highest BCUT2D eigenvalue weighted by Gasteiger charge is 2.43. The van der Waals surface area contributed by atoms with E-state index in [4.69, 9.17) is 4.52 Å². The normalized spacial score (nSPS) is 17.7. The van der Waals surface area contributed by atoms with Gasteiger partial charge in [-0.2, -0.15) is 14.9 Å². The van der Waals surface area contributed by atoms with Gasteiger partial charge in [0.2, 0.25) is 11.7 Å². The molecule has 1 saturated carbocycles. The molecule has 1 amide bonds. The van der Waals surface area contributed by atoms with Crippen molar-refractivity contribution in [2.45, 2.75) is 25.4 Å². The zero-order valence-electron chi connectivity index (χ0n) is 16.0. The molecule has 2 aromatic heterocycles. The number of hydrogen-bond donors (Lipinski definition) is 1. The predicted octanol–water partition coefficient (Wildman–Crippen LogP) is 3.70. The van der Waals surface area contributed by atoms with Crippen molar-refractivity contribution < 1.29 is 13.7 Å². The summed E-state index contributed by atoms with van der Waals surface area (Å²) in [6.45, 7) is 1.87. The molecular formula is C21H17FN6O2. The van der Waals surface area contributed by atoms with Crippen LogP contribution < -0.4 is 5.32 Å². The maximum Gasteiger partial charge on any atom is 0.277 e. The molecule has 2 aromatic carbocycles. The predicted molar refractivity (Wildman–Crippen MR) is 106 cm³/mol. The molecule has 2 atom stereocenters. The van der Waals surface area contributed by atoms with Gasteiger partial charge in [-0.15, -0.1) is 5.10 Å². The minimum absolute atomic E-state index is 0.188. The number of aromatic nitrogens is 5. The molecule has 1 N–H and O–H groups in total. The van der Waals surface area contributed by atoms with Gasteiger partial charge in [-0.25, -0.2) is 4.39 Å². The minimum atomic E-state index is -0.907. The quantitative estimate of drug-likeness (QED) is 0.545. The van der Waals surface area contributed by atoms with E-state index in [2.05, 4.69) is 25.7 Å². The third-order valence-electron chi connectivity index (χ3n) is 4.93. The number of rotatable bonds is 5. The van der Waals surface area contributed by atoms with Gasteiger partial charge in [0.25, 0.3) is 5.91 Å². The number of halogens is 1. The van der Waals surface area contributed by atoms with E-state index in [0.29, 0.717) is 29.4 Å². The first-order valence-electron chi connectivity index (χ1n) is 9.46. The Kier molecular flexibility index (Phi) is 4.35. The summed E-state index contributed by atoms with van der Waals surface area (Å²) in [5, 5.41) is 15.2. The van der Waals surface area contributed by atoms with Gasteiger partial charge in [-0.3, -0.25) is 4.79 Å². The Morgan fingerprint density at radius 2 is 2.03 bits per heavy atom. The maximum atomic E-state index is 13.2. The molecule has 2 heterocycles. The van der Waals surface area contributed by atoms with E-state index in [-0.39, 0.29) is 17.5 Å². The van der Waals surface area contributed by atoms with Crippen molar-refractivity contribution in [2.24, 2.45) is 0 Å². The van der Waals surface area contributed by atoms with E-state index < -0.39 is 6.17 Å². The van der Waals surface area contributed by atoms with Gasteiger partial charge >= 0.3 is 0 Å². The largest absolute Gasteiger partial charge is 0.339 e. The topological polar surface area (TPSA) is 98.7 Å². The summed E-state index contributed by atoms with van der Waals surface area (Å²) in [6, 6.07) is 14.7. The monoisotopic (exact) mass is 404 g/mol. The van der Waals surface area contributed by atoms with Gasteiger partial charge in [0.15, 0.2) is 5.69 Å². The molecule has 150 valence electrons. The van der Waals surface area contributed by atoms with Gasteiger partial charge in [-0.05, 0) is 37.1 Å². The van der Waals surface area contributed by atoms with Gasteiger partial charge in [0, 0.05) is 11.3 Å².